The third-order valence-corrected chi connectivity index (χ3v) is 7.46. The number of carbonyl (C=O) groups is 2. The topological polar surface area (TPSA) is 96.0 Å². The van der Waals surface area contributed by atoms with Crippen LogP contribution in [0, 0.1) is 6.92 Å². The number of piperazine rings is 1. The highest BCUT2D eigenvalue weighted by Gasteiger charge is 2.32. The Bertz CT molecular complexity index is 1120. The van der Waals surface area contributed by atoms with Crippen LogP contribution in [0.3, 0.4) is 0 Å². The lowest BCUT2D eigenvalue weighted by molar-refractivity contribution is -0.123. The molecule has 1 atom stereocenters. The molecule has 2 amide bonds. The number of fused-ring (bicyclic) bond motifs is 1. The van der Waals surface area contributed by atoms with Gasteiger partial charge < -0.3 is 15.0 Å². The predicted molar refractivity (Wildman–Crippen MR) is 116 cm³/mol. The molecule has 2 aliphatic rings. The van der Waals surface area contributed by atoms with Crippen molar-refractivity contribution in [1.29, 1.82) is 0 Å². The minimum Gasteiger partial charge on any atom is -0.478 e. The molecule has 31 heavy (non-hydrogen) atoms. The number of aryl methyl sites for hydroxylation is 1. The van der Waals surface area contributed by atoms with E-state index >= 15 is 0 Å². The van der Waals surface area contributed by atoms with Crippen molar-refractivity contribution in [2.24, 2.45) is 0 Å². The number of ether oxygens (including phenoxy) is 1. The molecule has 0 spiro atoms. The quantitative estimate of drug-likeness (QED) is 0.782. The van der Waals surface area contributed by atoms with Gasteiger partial charge in [-0.3, -0.25) is 9.59 Å². The maximum Gasteiger partial charge on any atom is 0.265 e. The number of anilines is 1. The zero-order chi connectivity index (χ0) is 22.2. The number of nitrogens with zero attached hydrogens (tertiary/aromatic N) is 2. The second-order valence-corrected chi connectivity index (χ2v) is 9.67. The molecule has 0 aromatic heterocycles. The first-order chi connectivity index (χ1) is 14.8. The van der Waals surface area contributed by atoms with Gasteiger partial charge in [0.1, 0.15) is 5.75 Å². The average Bonchev–Trinajstić information content (AvgIpc) is 2.77. The van der Waals surface area contributed by atoms with E-state index in [1.807, 2.05) is 32.0 Å². The number of carbonyl (C=O) groups excluding carboxylic acids is 2. The highest BCUT2D eigenvalue weighted by atomic mass is 32.2. The number of nitrogens with one attached hydrogen (secondary N) is 1. The molecule has 2 heterocycles. The molecule has 1 fully saturated rings. The fourth-order valence-corrected chi connectivity index (χ4v) is 5.25. The monoisotopic (exact) mass is 443 g/mol. The fraction of sp³-hybridized carbons (Fsp3) is 0.364. The smallest absolute Gasteiger partial charge is 0.265 e. The molecule has 1 N–H and O–H groups in total. The van der Waals surface area contributed by atoms with Crippen LogP contribution in [0.15, 0.2) is 47.4 Å². The van der Waals surface area contributed by atoms with Gasteiger partial charge in [-0.05, 0) is 43.7 Å². The van der Waals surface area contributed by atoms with Crippen molar-refractivity contribution in [3.8, 4) is 5.75 Å². The summed E-state index contributed by atoms with van der Waals surface area (Å²) >= 11 is 0. The van der Waals surface area contributed by atoms with Gasteiger partial charge in [0.15, 0.2) is 6.10 Å². The Morgan fingerprint density at radius 1 is 1.13 bits per heavy atom. The lowest BCUT2D eigenvalue weighted by Gasteiger charge is -2.34. The highest BCUT2D eigenvalue weighted by Crippen LogP contribution is 2.33. The second kappa shape index (κ2) is 8.32. The molecule has 0 unspecified atom stereocenters. The Balaban J connectivity index is 1.47. The maximum atomic E-state index is 13.1. The Morgan fingerprint density at radius 3 is 2.55 bits per heavy atom. The third-order valence-electron chi connectivity index (χ3n) is 5.57. The van der Waals surface area contributed by atoms with Crippen molar-refractivity contribution in [1.82, 2.24) is 9.21 Å². The lowest BCUT2D eigenvalue weighted by atomic mass is 10.1. The maximum absolute atomic E-state index is 13.1. The Hall–Kier alpha value is -2.91. The number of hydrogen-bond donors (Lipinski definition) is 1. The average molecular weight is 444 g/mol. The van der Waals surface area contributed by atoms with E-state index in [9.17, 15) is 18.0 Å². The molecule has 1 saturated heterocycles. The zero-order valence-corrected chi connectivity index (χ0v) is 18.3. The number of hydrogen-bond acceptors (Lipinski definition) is 5. The van der Waals surface area contributed by atoms with Crippen molar-refractivity contribution < 1.29 is 22.7 Å². The van der Waals surface area contributed by atoms with Crippen molar-refractivity contribution in [3.63, 3.8) is 0 Å². The van der Waals surface area contributed by atoms with E-state index in [0.717, 1.165) is 5.56 Å². The molecule has 0 bridgehead atoms. The molecule has 4 rings (SSSR count). The summed E-state index contributed by atoms with van der Waals surface area (Å²) < 4.78 is 33.3. The van der Waals surface area contributed by atoms with Gasteiger partial charge in [0.05, 0.1) is 10.6 Å². The van der Waals surface area contributed by atoms with Crippen molar-refractivity contribution in [3.05, 3.63) is 53.6 Å². The van der Waals surface area contributed by atoms with Crippen LogP contribution >= 0.6 is 0 Å². The molecule has 2 aromatic carbocycles. The van der Waals surface area contributed by atoms with E-state index < -0.39 is 16.1 Å². The minimum absolute atomic E-state index is 0.0866. The summed E-state index contributed by atoms with van der Waals surface area (Å²) in [5.74, 6) is 0.0756. The van der Waals surface area contributed by atoms with Gasteiger partial charge >= 0.3 is 0 Å². The summed E-state index contributed by atoms with van der Waals surface area (Å²) in [6.45, 7) is 4.81. The predicted octanol–water partition coefficient (Wildman–Crippen LogP) is 2.25. The first kappa shape index (κ1) is 21.3. The van der Waals surface area contributed by atoms with Crippen LogP contribution in [0.4, 0.5) is 5.69 Å². The van der Waals surface area contributed by atoms with Gasteiger partial charge in [-0.2, -0.15) is 4.31 Å². The molecule has 0 radical (unpaired) electrons. The van der Waals surface area contributed by atoms with Gasteiger partial charge in [0.25, 0.3) is 11.8 Å². The summed E-state index contributed by atoms with van der Waals surface area (Å²) in [6.07, 6.45) is -0.0504. The number of benzene rings is 2. The van der Waals surface area contributed by atoms with Crippen LogP contribution in [-0.4, -0.2) is 61.7 Å². The Morgan fingerprint density at radius 2 is 1.87 bits per heavy atom. The van der Waals surface area contributed by atoms with E-state index in [4.69, 9.17) is 4.74 Å². The number of rotatable bonds is 4. The van der Waals surface area contributed by atoms with Crippen LogP contribution in [0.5, 0.6) is 5.75 Å². The summed E-state index contributed by atoms with van der Waals surface area (Å²) in [5.41, 5.74) is 1.96. The summed E-state index contributed by atoms with van der Waals surface area (Å²) in [4.78, 5) is 26.5. The van der Waals surface area contributed by atoms with Gasteiger partial charge in [-0.15, -0.1) is 0 Å². The van der Waals surface area contributed by atoms with Crippen molar-refractivity contribution in [2.75, 3.05) is 31.5 Å². The molecule has 2 aromatic rings. The van der Waals surface area contributed by atoms with Gasteiger partial charge in [-0.1, -0.05) is 24.6 Å². The zero-order valence-electron chi connectivity index (χ0n) is 17.5. The molecule has 8 nitrogen and oxygen atoms in total. The van der Waals surface area contributed by atoms with E-state index in [1.54, 1.807) is 17.0 Å². The third kappa shape index (κ3) is 4.15. The largest absolute Gasteiger partial charge is 0.478 e. The Labute approximate surface area is 181 Å². The molecule has 164 valence electrons. The van der Waals surface area contributed by atoms with Crippen LogP contribution < -0.4 is 10.1 Å². The summed E-state index contributed by atoms with van der Waals surface area (Å²) in [5, 5.41) is 2.72. The summed E-state index contributed by atoms with van der Waals surface area (Å²) in [6, 6.07) is 11.9. The molecular formula is C22H25N3O5S. The van der Waals surface area contributed by atoms with Crippen molar-refractivity contribution in [2.45, 2.75) is 31.3 Å². The lowest BCUT2D eigenvalue weighted by Crippen LogP contribution is -2.50. The van der Waals surface area contributed by atoms with Gasteiger partial charge in [0.2, 0.25) is 10.0 Å². The van der Waals surface area contributed by atoms with E-state index in [-0.39, 0.29) is 29.8 Å². The van der Waals surface area contributed by atoms with Gasteiger partial charge in [-0.25, -0.2) is 8.42 Å². The molecule has 0 saturated carbocycles. The van der Waals surface area contributed by atoms with Crippen LogP contribution in [-0.2, 0) is 14.8 Å². The van der Waals surface area contributed by atoms with Crippen molar-refractivity contribution >= 4 is 27.5 Å². The molecule has 2 aliphatic heterocycles. The van der Waals surface area contributed by atoms with E-state index in [0.29, 0.717) is 36.5 Å². The number of amides is 2. The van der Waals surface area contributed by atoms with Crippen LogP contribution in [0.1, 0.15) is 29.3 Å². The van der Waals surface area contributed by atoms with Crippen LogP contribution in [0.2, 0.25) is 0 Å². The molecular weight excluding hydrogens is 418 g/mol. The van der Waals surface area contributed by atoms with E-state index in [1.165, 1.54) is 16.4 Å². The molecule has 0 aliphatic carbocycles. The first-order valence-electron chi connectivity index (χ1n) is 10.3. The SMILES string of the molecule is CC[C@@H]1Oc2ccc(S(=O)(=O)N3CCN(C(=O)c4cccc(C)c4)CC3)cc2NC1=O. The van der Waals surface area contributed by atoms with Crippen LogP contribution in [0.25, 0.3) is 0 Å². The second-order valence-electron chi connectivity index (χ2n) is 7.73. The summed E-state index contributed by atoms with van der Waals surface area (Å²) in [7, 11) is -3.76. The van der Waals surface area contributed by atoms with Gasteiger partial charge in [0, 0.05) is 31.7 Å². The normalized spacial score (nSPS) is 19.4. The molecule has 9 heteroatoms. The van der Waals surface area contributed by atoms with E-state index in [2.05, 4.69) is 5.32 Å². The number of sulfonamides is 1. The minimum atomic E-state index is -3.76. The first-order valence-corrected chi connectivity index (χ1v) is 11.7. The highest BCUT2D eigenvalue weighted by molar-refractivity contribution is 7.89. The Kier molecular flexibility index (Phi) is 5.72. The fourth-order valence-electron chi connectivity index (χ4n) is 3.80. The standard InChI is InChI=1S/C22H25N3O5S/c1-3-19-21(26)23-18-14-17(7-8-20(18)30-19)31(28,29)25-11-9-24(10-12-25)22(27)16-6-4-5-15(2)13-16/h4-8,13-14,19H,3,9-12H2,1-2H3,(H,23,26)/t19-/m0/s1.